The summed E-state index contributed by atoms with van der Waals surface area (Å²) < 4.78 is 5.17. The molecule has 0 aliphatic carbocycles. The summed E-state index contributed by atoms with van der Waals surface area (Å²) in [6.07, 6.45) is 1.79. The zero-order valence-corrected chi connectivity index (χ0v) is 20.6. The van der Waals surface area contributed by atoms with Crippen molar-refractivity contribution in [3.63, 3.8) is 0 Å². The van der Waals surface area contributed by atoms with Crippen molar-refractivity contribution in [3.8, 4) is 0 Å². The molecule has 30 heavy (non-hydrogen) atoms. The van der Waals surface area contributed by atoms with Gasteiger partial charge in [0.2, 0.25) is 0 Å². The number of carbonyl (C=O) groups excluding carboxylic acids is 2. The lowest BCUT2D eigenvalue weighted by Crippen LogP contribution is -2.48. The van der Waals surface area contributed by atoms with E-state index in [2.05, 4.69) is 25.8 Å². The molecule has 2 amide bonds. The van der Waals surface area contributed by atoms with Gasteiger partial charge in [-0.1, -0.05) is 12.1 Å². The number of esters is 1. The van der Waals surface area contributed by atoms with Crippen LogP contribution in [0.2, 0.25) is 0 Å². The van der Waals surface area contributed by atoms with Gasteiger partial charge in [-0.2, -0.15) is 0 Å². The maximum Gasteiger partial charge on any atom is 0.319 e. The average molecular weight is 531 g/mol. The summed E-state index contributed by atoms with van der Waals surface area (Å²) in [5.74, 6) is 0.541. The number of anilines is 1. The van der Waals surface area contributed by atoms with Crippen molar-refractivity contribution in [2.45, 2.75) is 46.2 Å². The number of rotatable bonds is 6. The summed E-state index contributed by atoms with van der Waals surface area (Å²) in [7, 11) is 1.75. The van der Waals surface area contributed by atoms with E-state index in [0.29, 0.717) is 19.7 Å². The molecule has 1 aromatic carbocycles. The molecule has 0 spiro atoms. The van der Waals surface area contributed by atoms with Crippen molar-refractivity contribution in [1.29, 1.82) is 0 Å². The SMILES string of the molecule is CCOC(=O)C1CCCN(C(=NC)NCc2ccc(NC(=O)NC(C)C)cc2)C1.I. The van der Waals surface area contributed by atoms with Crippen LogP contribution in [0.4, 0.5) is 10.5 Å². The molecular formula is C21H34IN5O3. The van der Waals surface area contributed by atoms with Crippen molar-refractivity contribution < 1.29 is 14.3 Å². The van der Waals surface area contributed by atoms with Gasteiger partial charge in [0.1, 0.15) is 0 Å². The van der Waals surface area contributed by atoms with Crippen molar-refractivity contribution in [2.24, 2.45) is 10.9 Å². The molecule has 1 fully saturated rings. The van der Waals surface area contributed by atoms with E-state index in [4.69, 9.17) is 4.74 Å². The second-order valence-electron chi connectivity index (χ2n) is 7.39. The Morgan fingerprint density at radius 3 is 2.57 bits per heavy atom. The third kappa shape index (κ3) is 8.37. The van der Waals surface area contributed by atoms with Crippen LogP contribution in [0.1, 0.15) is 39.2 Å². The molecule has 1 atom stereocenters. The van der Waals surface area contributed by atoms with E-state index in [9.17, 15) is 9.59 Å². The number of carbonyl (C=O) groups is 2. The van der Waals surface area contributed by atoms with Crippen LogP contribution >= 0.6 is 24.0 Å². The number of hydrogen-bond donors (Lipinski definition) is 3. The Hall–Kier alpha value is -2.04. The Morgan fingerprint density at radius 1 is 1.27 bits per heavy atom. The smallest absolute Gasteiger partial charge is 0.319 e. The average Bonchev–Trinajstić information content (AvgIpc) is 2.69. The fraction of sp³-hybridized carbons (Fsp3) is 0.571. The van der Waals surface area contributed by atoms with E-state index in [1.165, 1.54) is 0 Å². The lowest BCUT2D eigenvalue weighted by Gasteiger charge is -2.34. The number of likely N-dealkylation sites (tertiary alicyclic amines) is 1. The zero-order chi connectivity index (χ0) is 21.2. The van der Waals surface area contributed by atoms with Gasteiger partial charge in [-0.3, -0.25) is 9.79 Å². The number of aliphatic imine (C=N–C) groups is 1. The number of benzene rings is 1. The summed E-state index contributed by atoms with van der Waals surface area (Å²) in [5.41, 5.74) is 1.81. The van der Waals surface area contributed by atoms with Crippen molar-refractivity contribution in [3.05, 3.63) is 29.8 Å². The number of ether oxygens (including phenoxy) is 1. The lowest BCUT2D eigenvalue weighted by atomic mass is 9.98. The molecule has 0 radical (unpaired) electrons. The van der Waals surface area contributed by atoms with Gasteiger partial charge >= 0.3 is 12.0 Å². The second-order valence-corrected chi connectivity index (χ2v) is 7.39. The molecule has 8 nitrogen and oxygen atoms in total. The van der Waals surface area contributed by atoms with Crippen LogP contribution in [-0.2, 0) is 16.1 Å². The monoisotopic (exact) mass is 531 g/mol. The van der Waals surface area contributed by atoms with Crippen molar-refractivity contribution >= 4 is 47.6 Å². The second kappa shape index (κ2) is 13.3. The Kier molecular flexibility index (Phi) is 11.5. The largest absolute Gasteiger partial charge is 0.466 e. The zero-order valence-electron chi connectivity index (χ0n) is 18.2. The fourth-order valence-electron chi connectivity index (χ4n) is 3.27. The minimum Gasteiger partial charge on any atom is -0.466 e. The van der Waals surface area contributed by atoms with Crippen molar-refractivity contribution in [1.82, 2.24) is 15.5 Å². The Labute approximate surface area is 196 Å². The molecule has 1 aliphatic rings. The van der Waals surface area contributed by atoms with Gasteiger partial charge in [-0.15, -0.1) is 24.0 Å². The summed E-state index contributed by atoms with van der Waals surface area (Å²) >= 11 is 0. The minimum absolute atomic E-state index is 0. The normalized spacial score (nSPS) is 16.5. The number of urea groups is 1. The molecule has 3 N–H and O–H groups in total. The molecule has 0 aromatic heterocycles. The molecular weight excluding hydrogens is 497 g/mol. The molecule has 1 unspecified atom stereocenters. The van der Waals surface area contributed by atoms with E-state index in [-0.39, 0.29) is 47.9 Å². The van der Waals surface area contributed by atoms with Gasteiger partial charge in [0, 0.05) is 38.4 Å². The Balaban J connectivity index is 0.00000450. The summed E-state index contributed by atoms with van der Waals surface area (Å²) in [4.78, 5) is 30.3. The number of nitrogens with zero attached hydrogens (tertiary/aromatic N) is 2. The van der Waals surface area contributed by atoms with Crippen molar-refractivity contribution in [2.75, 3.05) is 32.1 Å². The highest BCUT2D eigenvalue weighted by Crippen LogP contribution is 2.18. The first kappa shape index (κ1) is 26.0. The summed E-state index contributed by atoms with van der Waals surface area (Å²) in [6, 6.07) is 7.54. The van der Waals surface area contributed by atoms with Gasteiger partial charge < -0.3 is 25.6 Å². The maximum absolute atomic E-state index is 12.1. The Morgan fingerprint density at radius 2 is 1.97 bits per heavy atom. The molecule has 0 saturated carbocycles. The molecule has 1 heterocycles. The first-order valence-corrected chi connectivity index (χ1v) is 10.2. The highest BCUT2D eigenvalue weighted by molar-refractivity contribution is 14.0. The van der Waals surface area contributed by atoms with E-state index in [1.54, 1.807) is 7.05 Å². The van der Waals surface area contributed by atoms with Gasteiger partial charge in [-0.05, 0) is 51.3 Å². The number of guanidine groups is 1. The number of halogens is 1. The third-order valence-electron chi connectivity index (χ3n) is 4.63. The minimum atomic E-state index is -0.215. The summed E-state index contributed by atoms with van der Waals surface area (Å²) in [5, 5.41) is 8.96. The van der Waals surface area contributed by atoms with Crippen LogP contribution < -0.4 is 16.0 Å². The standard InChI is InChI=1S/C21H33N5O3.HI/c1-5-29-19(27)17-7-6-12-26(14-17)20(22-4)23-13-16-8-10-18(11-9-16)25-21(28)24-15(2)3;/h8-11,15,17H,5-7,12-14H2,1-4H3,(H,22,23)(H2,24,25,28);1H. The molecule has 9 heteroatoms. The number of hydrogen-bond acceptors (Lipinski definition) is 4. The fourth-order valence-corrected chi connectivity index (χ4v) is 3.27. The van der Waals surface area contributed by atoms with Gasteiger partial charge in [0.25, 0.3) is 0 Å². The van der Waals surface area contributed by atoms with Crippen LogP contribution in [-0.4, -0.2) is 55.6 Å². The van der Waals surface area contributed by atoms with Gasteiger partial charge in [0.15, 0.2) is 5.96 Å². The molecule has 1 saturated heterocycles. The van der Waals surface area contributed by atoms with Crippen LogP contribution in [0, 0.1) is 5.92 Å². The van der Waals surface area contributed by atoms with Crippen LogP contribution in [0.5, 0.6) is 0 Å². The number of nitrogens with one attached hydrogen (secondary N) is 3. The van der Waals surface area contributed by atoms with Crippen LogP contribution in [0.15, 0.2) is 29.3 Å². The van der Waals surface area contributed by atoms with E-state index >= 15 is 0 Å². The first-order valence-electron chi connectivity index (χ1n) is 10.2. The van der Waals surface area contributed by atoms with Gasteiger partial charge in [0.05, 0.1) is 12.5 Å². The first-order chi connectivity index (χ1) is 13.9. The van der Waals surface area contributed by atoms with E-state index in [1.807, 2.05) is 45.0 Å². The quantitative estimate of drug-likeness (QED) is 0.227. The predicted molar refractivity (Wildman–Crippen MR) is 130 cm³/mol. The topological polar surface area (TPSA) is 95.1 Å². The highest BCUT2D eigenvalue weighted by atomic mass is 127. The number of amides is 2. The van der Waals surface area contributed by atoms with Gasteiger partial charge in [-0.25, -0.2) is 4.79 Å². The van der Waals surface area contributed by atoms with Crippen LogP contribution in [0.3, 0.4) is 0 Å². The highest BCUT2D eigenvalue weighted by Gasteiger charge is 2.28. The maximum atomic E-state index is 12.1. The molecule has 1 aliphatic heterocycles. The van der Waals surface area contributed by atoms with E-state index < -0.39 is 0 Å². The Bertz CT molecular complexity index is 709. The molecule has 1 aromatic rings. The summed E-state index contributed by atoms with van der Waals surface area (Å²) in [6.45, 7) is 8.15. The predicted octanol–water partition coefficient (Wildman–Crippen LogP) is 3.19. The van der Waals surface area contributed by atoms with Crippen LogP contribution in [0.25, 0.3) is 0 Å². The molecule has 0 bridgehead atoms. The van der Waals surface area contributed by atoms with E-state index in [0.717, 1.165) is 36.6 Å². The third-order valence-corrected chi connectivity index (χ3v) is 4.63. The molecule has 168 valence electrons. The molecule has 2 rings (SSSR count). The number of piperidine rings is 1. The lowest BCUT2D eigenvalue weighted by molar-refractivity contribution is -0.149.